The van der Waals surface area contributed by atoms with E-state index in [2.05, 4.69) is 0 Å². The minimum Gasteiger partial charge on any atom is -0.454 e. The smallest absolute Gasteiger partial charge is 0.338 e. The van der Waals surface area contributed by atoms with Crippen LogP contribution >= 0.6 is 11.6 Å². The van der Waals surface area contributed by atoms with E-state index in [0.717, 1.165) is 4.90 Å². The van der Waals surface area contributed by atoms with Crippen LogP contribution in [0.4, 0.5) is 5.69 Å². The molecule has 0 aromatic heterocycles. The van der Waals surface area contributed by atoms with E-state index in [-0.39, 0.29) is 39.8 Å². The number of halogens is 1. The van der Waals surface area contributed by atoms with Crippen molar-refractivity contribution in [1.29, 1.82) is 0 Å². The largest absolute Gasteiger partial charge is 0.454 e. The van der Waals surface area contributed by atoms with Crippen molar-refractivity contribution in [3.8, 4) is 0 Å². The van der Waals surface area contributed by atoms with Gasteiger partial charge >= 0.3 is 5.97 Å². The zero-order chi connectivity index (χ0) is 21.3. The number of fused-ring (bicyclic) bond motifs is 1. The topological polar surface area (TPSA) is 80.8 Å². The fraction of sp³-hybridized carbons (Fsp3) is 0.217. The first kappa shape index (κ1) is 20.0. The van der Waals surface area contributed by atoms with E-state index in [1.54, 1.807) is 36.4 Å². The van der Waals surface area contributed by atoms with Gasteiger partial charge in [-0.25, -0.2) is 4.79 Å². The molecule has 1 fully saturated rings. The summed E-state index contributed by atoms with van der Waals surface area (Å²) in [5.74, 6) is -2.37. The number of rotatable bonds is 5. The molecule has 1 saturated heterocycles. The van der Waals surface area contributed by atoms with Gasteiger partial charge in [0, 0.05) is 5.56 Å². The third-order valence-corrected chi connectivity index (χ3v) is 5.69. The number of amides is 2. The van der Waals surface area contributed by atoms with Gasteiger partial charge in [-0.05, 0) is 43.2 Å². The highest BCUT2D eigenvalue weighted by Gasteiger charge is 2.47. The Balaban J connectivity index is 1.48. The first-order chi connectivity index (χ1) is 14.5. The number of anilines is 1. The number of hydrogen-bond acceptors (Lipinski definition) is 5. The van der Waals surface area contributed by atoms with E-state index >= 15 is 0 Å². The number of carbonyl (C=O) groups excluding carboxylic acids is 4. The summed E-state index contributed by atoms with van der Waals surface area (Å²) >= 11 is 5.99. The number of benzene rings is 2. The van der Waals surface area contributed by atoms with Gasteiger partial charge in [0.1, 0.15) is 0 Å². The van der Waals surface area contributed by atoms with Crippen molar-refractivity contribution in [2.75, 3.05) is 11.5 Å². The van der Waals surface area contributed by atoms with Crippen molar-refractivity contribution in [3.63, 3.8) is 0 Å². The molecule has 2 atom stereocenters. The van der Waals surface area contributed by atoms with Gasteiger partial charge in [-0.2, -0.15) is 0 Å². The first-order valence-corrected chi connectivity index (χ1v) is 9.93. The molecule has 30 heavy (non-hydrogen) atoms. The van der Waals surface area contributed by atoms with Gasteiger partial charge in [0.05, 0.1) is 28.1 Å². The van der Waals surface area contributed by atoms with E-state index in [0.29, 0.717) is 18.5 Å². The van der Waals surface area contributed by atoms with Crippen LogP contribution in [0, 0.1) is 11.8 Å². The molecule has 0 bridgehead atoms. The number of Topliss-reactive ketones (excluding diaryl/α,β-unsaturated/α-hetero) is 1. The number of nitrogens with zero attached hydrogens (tertiary/aromatic N) is 1. The fourth-order valence-corrected chi connectivity index (χ4v) is 4.05. The van der Waals surface area contributed by atoms with Gasteiger partial charge in [-0.1, -0.05) is 42.0 Å². The lowest BCUT2D eigenvalue weighted by Crippen LogP contribution is -2.31. The van der Waals surface area contributed by atoms with Crippen LogP contribution in [0.3, 0.4) is 0 Å². The number of hydrogen-bond donors (Lipinski definition) is 0. The van der Waals surface area contributed by atoms with Gasteiger partial charge in [-0.3, -0.25) is 19.3 Å². The van der Waals surface area contributed by atoms with Crippen LogP contribution in [0.1, 0.15) is 33.6 Å². The summed E-state index contributed by atoms with van der Waals surface area (Å²) < 4.78 is 5.12. The molecule has 6 nitrogen and oxygen atoms in total. The molecule has 7 heteroatoms. The number of carbonyl (C=O) groups is 4. The zero-order valence-electron chi connectivity index (χ0n) is 15.9. The minimum atomic E-state index is -0.726. The molecule has 2 amide bonds. The second-order valence-electron chi connectivity index (χ2n) is 7.20. The van der Waals surface area contributed by atoms with Gasteiger partial charge in [0.2, 0.25) is 17.6 Å². The first-order valence-electron chi connectivity index (χ1n) is 9.55. The third kappa shape index (κ3) is 3.66. The van der Waals surface area contributed by atoms with Crippen molar-refractivity contribution in [1.82, 2.24) is 0 Å². The number of esters is 1. The van der Waals surface area contributed by atoms with Crippen LogP contribution < -0.4 is 4.90 Å². The molecule has 2 aromatic rings. The molecule has 0 unspecified atom stereocenters. The summed E-state index contributed by atoms with van der Waals surface area (Å²) in [6.07, 6.45) is 4.91. The Kier molecular flexibility index (Phi) is 5.50. The lowest BCUT2D eigenvalue weighted by molar-refractivity contribution is -0.122. The van der Waals surface area contributed by atoms with E-state index < -0.39 is 18.4 Å². The normalized spacial score (nSPS) is 20.2. The summed E-state index contributed by atoms with van der Waals surface area (Å²) in [5, 5.41) is 0.280. The molecular formula is C23H18ClNO5. The number of ether oxygens (including phenoxy) is 1. The Labute approximate surface area is 178 Å². The van der Waals surface area contributed by atoms with Gasteiger partial charge < -0.3 is 4.74 Å². The lowest BCUT2D eigenvalue weighted by atomic mass is 9.85. The predicted octanol–water partition coefficient (Wildman–Crippen LogP) is 3.84. The molecule has 4 rings (SSSR count). The van der Waals surface area contributed by atoms with Crippen molar-refractivity contribution < 1.29 is 23.9 Å². The molecule has 1 aliphatic carbocycles. The molecule has 152 valence electrons. The summed E-state index contributed by atoms with van der Waals surface area (Å²) in [5.41, 5.74) is 0.740. The van der Waals surface area contributed by atoms with E-state index in [9.17, 15) is 19.2 Å². The molecule has 0 spiro atoms. The Hall–Kier alpha value is -3.25. The van der Waals surface area contributed by atoms with Crippen molar-refractivity contribution in [2.45, 2.75) is 12.8 Å². The highest BCUT2D eigenvalue weighted by molar-refractivity contribution is 6.34. The molecule has 1 aliphatic heterocycles. The second-order valence-corrected chi connectivity index (χ2v) is 7.60. The zero-order valence-corrected chi connectivity index (χ0v) is 16.7. The lowest BCUT2D eigenvalue weighted by Gasteiger charge is -2.15. The molecule has 2 aromatic carbocycles. The number of imide groups is 1. The Morgan fingerprint density at radius 2 is 1.63 bits per heavy atom. The average molecular weight is 424 g/mol. The number of ketones is 1. The maximum Gasteiger partial charge on any atom is 0.338 e. The molecule has 0 radical (unpaired) electrons. The average Bonchev–Trinajstić information content (AvgIpc) is 3.02. The van der Waals surface area contributed by atoms with Crippen molar-refractivity contribution in [2.24, 2.45) is 11.8 Å². The second kappa shape index (κ2) is 8.24. The highest BCUT2D eigenvalue weighted by atomic mass is 35.5. The summed E-state index contributed by atoms with van der Waals surface area (Å²) in [6, 6.07) is 12.6. The Bertz CT molecular complexity index is 1050. The number of allylic oxidation sites excluding steroid dienone is 2. The van der Waals surface area contributed by atoms with E-state index in [1.165, 1.54) is 12.1 Å². The maximum atomic E-state index is 12.7. The maximum absolute atomic E-state index is 12.7. The summed E-state index contributed by atoms with van der Waals surface area (Å²) in [7, 11) is 0. The van der Waals surface area contributed by atoms with Crippen LogP contribution in [-0.2, 0) is 14.3 Å². The van der Waals surface area contributed by atoms with Crippen LogP contribution in [-0.4, -0.2) is 30.2 Å². The minimum absolute atomic E-state index is 0.146. The molecule has 1 heterocycles. The molecule has 0 saturated carbocycles. The fourth-order valence-electron chi connectivity index (χ4n) is 3.81. The Morgan fingerprint density at radius 3 is 2.30 bits per heavy atom. The van der Waals surface area contributed by atoms with E-state index in [1.807, 2.05) is 12.2 Å². The standard InChI is InChI=1S/C23H18ClNO5/c24-19-11-4-3-10-18(19)20(26)13-30-23(29)14-6-5-7-15(12-14)25-21(27)16-8-1-2-9-17(16)22(25)28/h1-7,10-12,16-17H,8-9,13H2/t16-,17-/m0/s1. The predicted molar refractivity (Wildman–Crippen MR) is 110 cm³/mol. The van der Waals surface area contributed by atoms with Crippen molar-refractivity contribution in [3.05, 3.63) is 76.8 Å². The van der Waals surface area contributed by atoms with Crippen LogP contribution in [0.25, 0.3) is 0 Å². The third-order valence-electron chi connectivity index (χ3n) is 5.36. The van der Waals surface area contributed by atoms with Crippen molar-refractivity contribution >= 4 is 40.9 Å². The van der Waals surface area contributed by atoms with Crippen LogP contribution in [0.15, 0.2) is 60.7 Å². The SMILES string of the molecule is O=C(OCC(=O)c1ccccc1Cl)c1cccc(N2C(=O)[C@H]3CC=CC[C@@H]3C2=O)c1. The van der Waals surface area contributed by atoms with Gasteiger partial charge in [0.25, 0.3) is 0 Å². The molecule has 2 aliphatic rings. The van der Waals surface area contributed by atoms with Crippen LogP contribution in [0.5, 0.6) is 0 Å². The molecular weight excluding hydrogens is 406 g/mol. The van der Waals surface area contributed by atoms with E-state index in [4.69, 9.17) is 16.3 Å². The summed E-state index contributed by atoms with van der Waals surface area (Å²) in [4.78, 5) is 51.3. The van der Waals surface area contributed by atoms with Gasteiger partial charge in [0.15, 0.2) is 6.61 Å². The molecule has 0 N–H and O–H groups in total. The summed E-state index contributed by atoms with van der Waals surface area (Å²) in [6.45, 7) is -0.468. The van der Waals surface area contributed by atoms with Crippen LogP contribution in [0.2, 0.25) is 5.02 Å². The Morgan fingerprint density at radius 1 is 0.967 bits per heavy atom. The monoisotopic (exact) mass is 423 g/mol. The highest BCUT2D eigenvalue weighted by Crippen LogP contribution is 2.37. The van der Waals surface area contributed by atoms with Gasteiger partial charge in [-0.15, -0.1) is 0 Å². The quantitative estimate of drug-likeness (QED) is 0.316.